The third-order valence-electron chi connectivity index (χ3n) is 4.07. The van der Waals surface area contributed by atoms with Crippen molar-refractivity contribution in [3.8, 4) is 0 Å². The largest absolute Gasteiger partial charge is 0.354 e. The first-order chi connectivity index (χ1) is 9.10. The van der Waals surface area contributed by atoms with E-state index in [1.54, 1.807) is 0 Å². The van der Waals surface area contributed by atoms with E-state index in [-0.39, 0.29) is 18.0 Å². The summed E-state index contributed by atoms with van der Waals surface area (Å²) in [5, 5.41) is 2.95. The number of hydrogen-bond acceptors (Lipinski definition) is 4. The van der Waals surface area contributed by atoms with Crippen molar-refractivity contribution in [1.82, 2.24) is 15.1 Å². The lowest BCUT2D eigenvalue weighted by atomic mass is 10.1. The van der Waals surface area contributed by atoms with Crippen LogP contribution in [0.1, 0.15) is 33.1 Å². The van der Waals surface area contributed by atoms with E-state index in [0.717, 1.165) is 32.2 Å². The molecule has 0 spiro atoms. The Bertz CT molecular complexity index is 296. The number of carbonyl (C=O) groups excluding carboxylic acids is 1. The number of piperazine rings is 1. The highest BCUT2D eigenvalue weighted by Gasteiger charge is 2.32. The van der Waals surface area contributed by atoms with Gasteiger partial charge in [-0.25, -0.2) is 0 Å². The highest BCUT2D eigenvalue weighted by Crippen LogP contribution is 2.27. The minimum Gasteiger partial charge on any atom is -0.354 e. The van der Waals surface area contributed by atoms with E-state index in [1.807, 2.05) is 13.8 Å². The normalized spacial score (nSPS) is 23.6. The maximum Gasteiger partial charge on any atom is 0.221 e. The minimum absolute atomic E-state index is 0.120. The molecular formula is C14H28N4O. The number of amides is 1. The van der Waals surface area contributed by atoms with Gasteiger partial charge in [0.05, 0.1) is 0 Å². The maximum absolute atomic E-state index is 11.8. The molecule has 1 atom stereocenters. The van der Waals surface area contributed by atoms with E-state index < -0.39 is 0 Å². The molecule has 1 unspecified atom stereocenters. The first-order valence-corrected chi connectivity index (χ1v) is 7.57. The Morgan fingerprint density at radius 1 is 1.26 bits per heavy atom. The summed E-state index contributed by atoms with van der Waals surface area (Å²) in [7, 11) is 0. The quantitative estimate of drug-likeness (QED) is 0.712. The van der Waals surface area contributed by atoms with Gasteiger partial charge in [0.25, 0.3) is 0 Å². The first-order valence-electron chi connectivity index (χ1n) is 7.57. The SMILES string of the molecule is CC(C)NC(=O)CC(CN)N1CCN(C2CC2)CC1. The molecule has 5 heteroatoms. The highest BCUT2D eigenvalue weighted by atomic mass is 16.1. The van der Waals surface area contributed by atoms with Gasteiger partial charge >= 0.3 is 0 Å². The van der Waals surface area contributed by atoms with Crippen molar-refractivity contribution in [2.45, 2.75) is 51.2 Å². The Morgan fingerprint density at radius 2 is 1.89 bits per heavy atom. The lowest BCUT2D eigenvalue weighted by Gasteiger charge is -2.39. The third-order valence-corrected chi connectivity index (χ3v) is 4.07. The second-order valence-electron chi connectivity index (χ2n) is 6.12. The molecule has 0 aromatic rings. The molecule has 0 aromatic carbocycles. The first kappa shape index (κ1) is 14.8. The molecule has 0 bridgehead atoms. The molecule has 1 saturated heterocycles. The summed E-state index contributed by atoms with van der Waals surface area (Å²) in [4.78, 5) is 16.8. The van der Waals surface area contributed by atoms with Crippen LogP contribution in [0.25, 0.3) is 0 Å². The van der Waals surface area contributed by atoms with Crippen LogP contribution in [0, 0.1) is 0 Å². The lowest BCUT2D eigenvalue weighted by Crippen LogP contribution is -2.54. The van der Waals surface area contributed by atoms with Gasteiger partial charge in [-0.3, -0.25) is 14.6 Å². The zero-order valence-corrected chi connectivity index (χ0v) is 12.3. The standard InChI is InChI=1S/C14H28N4O/c1-11(2)16-14(19)9-13(10-15)18-7-5-17(6-8-18)12-3-4-12/h11-13H,3-10,15H2,1-2H3,(H,16,19). The summed E-state index contributed by atoms with van der Waals surface area (Å²) < 4.78 is 0. The van der Waals surface area contributed by atoms with E-state index in [4.69, 9.17) is 5.73 Å². The van der Waals surface area contributed by atoms with Crippen LogP contribution < -0.4 is 11.1 Å². The molecule has 2 fully saturated rings. The summed E-state index contributed by atoms with van der Waals surface area (Å²) in [6.45, 7) is 8.91. The average Bonchev–Trinajstić information content (AvgIpc) is 3.19. The molecule has 0 radical (unpaired) electrons. The van der Waals surface area contributed by atoms with Crippen LogP contribution in [0.3, 0.4) is 0 Å². The van der Waals surface area contributed by atoms with Crippen LogP contribution in [0.4, 0.5) is 0 Å². The van der Waals surface area contributed by atoms with Crippen LogP contribution in [0.2, 0.25) is 0 Å². The van der Waals surface area contributed by atoms with Crippen molar-refractivity contribution in [2.75, 3.05) is 32.7 Å². The minimum atomic E-state index is 0.120. The van der Waals surface area contributed by atoms with Gasteiger partial charge < -0.3 is 11.1 Å². The summed E-state index contributed by atoms with van der Waals surface area (Å²) in [5.41, 5.74) is 5.85. The Hall–Kier alpha value is -0.650. The summed E-state index contributed by atoms with van der Waals surface area (Å²) in [6.07, 6.45) is 3.27. The van der Waals surface area contributed by atoms with Gasteiger partial charge in [0.2, 0.25) is 5.91 Å². The summed E-state index contributed by atoms with van der Waals surface area (Å²) in [5.74, 6) is 0.120. The fourth-order valence-corrected chi connectivity index (χ4v) is 2.86. The Labute approximate surface area is 116 Å². The third kappa shape index (κ3) is 4.44. The van der Waals surface area contributed by atoms with E-state index in [9.17, 15) is 4.79 Å². The van der Waals surface area contributed by atoms with Gasteiger partial charge in [-0.1, -0.05) is 0 Å². The van der Waals surface area contributed by atoms with Crippen LogP contribution >= 0.6 is 0 Å². The monoisotopic (exact) mass is 268 g/mol. The lowest BCUT2D eigenvalue weighted by molar-refractivity contribution is -0.123. The van der Waals surface area contributed by atoms with Crippen molar-refractivity contribution in [3.05, 3.63) is 0 Å². The zero-order chi connectivity index (χ0) is 13.8. The van der Waals surface area contributed by atoms with E-state index in [0.29, 0.717) is 13.0 Å². The molecule has 2 rings (SSSR count). The van der Waals surface area contributed by atoms with E-state index in [2.05, 4.69) is 15.1 Å². The molecule has 1 amide bonds. The smallest absolute Gasteiger partial charge is 0.221 e. The number of nitrogens with zero attached hydrogens (tertiary/aromatic N) is 2. The molecule has 2 aliphatic rings. The molecule has 19 heavy (non-hydrogen) atoms. The van der Waals surface area contributed by atoms with Crippen LogP contribution in [0.15, 0.2) is 0 Å². The molecule has 1 saturated carbocycles. The Morgan fingerprint density at radius 3 is 2.37 bits per heavy atom. The van der Waals surface area contributed by atoms with Gasteiger partial charge in [0, 0.05) is 57.3 Å². The fourth-order valence-electron chi connectivity index (χ4n) is 2.86. The Balaban J connectivity index is 1.76. The second kappa shape index (κ2) is 6.68. The van der Waals surface area contributed by atoms with Crippen molar-refractivity contribution < 1.29 is 4.79 Å². The molecule has 0 aromatic heterocycles. The van der Waals surface area contributed by atoms with E-state index >= 15 is 0 Å². The number of rotatable bonds is 6. The predicted octanol–water partition coefficient (Wildman–Crippen LogP) is 0.00840. The summed E-state index contributed by atoms with van der Waals surface area (Å²) in [6, 6.07) is 1.25. The van der Waals surface area contributed by atoms with Crippen LogP contribution in [-0.4, -0.2) is 66.6 Å². The second-order valence-corrected chi connectivity index (χ2v) is 6.12. The van der Waals surface area contributed by atoms with Crippen molar-refractivity contribution in [2.24, 2.45) is 5.73 Å². The number of nitrogens with one attached hydrogen (secondary N) is 1. The van der Waals surface area contributed by atoms with Gasteiger partial charge in [-0.15, -0.1) is 0 Å². The van der Waals surface area contributed by atoms with Gasteiger partial charge in [0.15, 0.2) is 0 Å². The molecule has 110 valence electrons. The topological polar surface area (TPSA) is 61.6 Å². The molecule has 1 heterocycles. The summed E-state index contributed by atoms with van der Waals surface area (Å²) >= 11 is 0. The fraction of sp³-hybridized carbons (Fsp3) is 0.929. The Kier molecular flexibility index (Phi) is 5.19. The van der Waals surface area contributed by atoms with E-state index in [1.165, 1.54) is 12.8 Å². The molecule has 1 aliphatic heterocycles. The van der Waals surface area contributed by atoms with Crippen LogP contribution in [0.5, 0.6) is 0 Å². The van der Waals surface area contributed by atoms with Gasteiger partial charge in [0.1, 0.15) is 0 Å². The predicted molar refractivity (Wildman–Crippen MR) is 76.9 cm³/mol. The molecule has 5 nitrogen and oxygen atoms in total. The maximum atomic E-state index is 11.8. The van der Waals surface area contributed by atoms with Crippen molar-refractivity contribution >= 4 is 5.91 Å². The molecular weight excluding hydrogens is 240 g/mol. The van der Waals surface area contributed by atoms with Crippen LogP contribution in [-0.2, 0) is 4.79 Å². The van der Waals surface area contributed by atoms with Crippen molar-refractivity contribution in [1.29, 1.82) is 0 Å². The number of carbonyl (C=O) groups is 1. The number of hydrogen-bond donors (Lipinski definition) is 2. The average molecular weight is 268 g/mol. The van der Waals surface area contributed by atoms with Gasteiger partial charge in [-0.2, -0.15) is 0 Å². The van der Waals surface area contributed by atoms with Crippen molar-refractivity contribution in [3.63, 3.8) is 0 Å². The molecule has 3 N–H and O–H groups in total. The highest BCUT2D eigenvalue weighted by molar-refractivity contribution is 5.76. The zero-order valence-electron chi connectivity index (χ0n) is 12.3. The number of nitrogens with two attached hydrogens (primary N) is 1. The van der Waals surface area contributed by atoms with Gasteiger partial charge in [-0.05, 0) is 26.7 Å². The molecule has 1 aliphatic carbocycles.